The number of rotatable bonds is 3. The van der Waals surface area contributed by atoms with Crippen molar-refractivity contribution in [3.05, 3.63) is 42.1 Å². The van der Waals surface area contributed by atoms with Gasteiger partial charge < -0.3 is 10.4 Å². The molecule has 3 rings (SSSR count). The molecule has 1 aromatic carbocycles. The van der Waals surface area contributed by atoms with Gasteiger partial charge in [0.25, 0.3) is 5.91 Å². The van der Waals surface area contributed by atoms with Crippen LogP contribution in [0.1, 0.15) is 36.5 Å². The van der Waals surface area contributed by atoms with Crippen LogP contribution in [0, 0.1) is 5.41 Å². The van der Waals surface area contributed by atoms with Crippen molar-refractivity contribution in [2.45, 2.75) is 32.2 Å². The standard InChI is InChI=1S/C17H20N2O2/c1-17(11-20)9-3-8-15(17)19-16(21)13-5-2-7-14-12(13)6-4-10-18-14/h2,4-7,10,15,20H,3,8-9,11H2,1H3,(H,19,21). The average molecular weight is 284 g/mol. The number of hydrogen-bond acceptors (Lipinski definition) is 3. The number of nitrogens with zero attached hydrogens (tertiary/aromatic N) is 1. The molecule has 1 saturated carbocycles. The van der Waals surface area contributed by atoms with Crippen molar-refractivity contribution in [1.82, 2.24) is 10.3 Å². The summed E-state index contributed by atoms with van der Waals surface area (Å²) in [5, 5.41) is 13.6. The van der Waals surface area contributed by atoms with Crippen molar-refractivity contribution >= 4 is 16.8 Å². The van der Waals surface area contributed by atoms with E-state index in [1.54, 1.807) is 6.20 Å². The Hall–Kier alpha value is -1.94. The number of carbonyl (C=O) groups is 1. The highest BCUT2D eigenvalue weighted by Crippen LogP contribution is 2.37. The van der Waals surface area contributed by atoms with Gasteiger partial charge in [-0.1, -0.05) is 25.5 Å². The fourth-order valence-electron chi connectivity index (χ4n) is 3.21. The van der Waals surface area contributed by atoms with Gasteiger partial charge in [0, 0.05) is 28.6 Å². The number of aliphatic hydroxyl groups excluding tert-OH is 1. The summed E-state index contributed by atoms with van der Waals surface area (Å²) in [4.78, 5) is 16.9. The molecular formula is C17H20N2O2. The number of aromatic nitrogens is 1. The van der Waals surface area contributed by atoms with Crippen LogP contribution in [0.5, 0.6) is 0 Å². The minimum atomic E-state index is -0.210. The molecule has 0 spiro atoms. The molecule has 4 nitrogen and oxygen atoms in total. The Morgan fingerprint density at radius 1 is 1.43 bits per heavy atom. The first-order valence-corrected chi connectivity index (χ1v) is 7.39. The molecule has 2 N–H and O–H groups in total. The van der Waals surface area contributed by atoms with Gasteiger partial charge in [-0.05, 0) is 31.0 Å². The van der Waals surface area contributed by atoms with Crippen molar-refractivity contribution in [3.63, 3.8) is 0 Å². The second-order valence-electron chi connectivity index (χ2n) is 6.11. The number of amides is 1. The number of aliphatic hydroxyl groups is 1. The predicted octanol–water partition coefficient (Wildman–Crippen LogP) is 2.52. The second-order valence-corrected chi connectivity index (χ2v) is 6.11. The maximum atomic E-state index is 12.6. The smallest absolute Gasteiger partial charge is 0.252 e. The van der Waals surface area contributed by atoms with Crippen molar-refractivity contribution in [1.29, 1.82) is 0 Å². The minimum Gasteiger partial charge on any atom is -0.396 e. The Bertz CT molecular complexity index is 665. The third kappa shape index (κ3) is 2.51. The first kappa shape index (κ1) is 14.0. The predicted molar refractivity (Wildman–Crippen MR) is 82.0 cm³/mol. The molecule has 2 aromatic rings. The molecule has 1 aliphatic carbocycles. The molecule has 1 aromatic heterocycles. The molecule has 21 heavy (non-hydrogen) atoms. The first-order valence-electron chi connectivity index (χ1n) is 7.39. The van der Waals surface area contributed by atoms with Gasteiger partial charge >= 0.3 is 0 Å². The van der Waals surface area contributed by atoms with Gasteiger partial charge in [-0.25, -0.2) is 0 Å². The van der Waals surface area contributed by atoms with E-state index in [4.69, 9.17) is 0 Å². The van der Waals surface area contributed by atoms with Crippen molar-refractivity contribution in [2.75, 3.05) is 6.61 Å². The average Bonchev–Trinajstić information content (AvgIpc) is 2.88. The van der Waals surface area contributed by atoms with E-state index in [9.17, 15) is 9.90 Å². The van der Waals surface area contributed by atoms with Crippen molar-refractivity contribution in [3.8, 4) is 0 Å². The lowest BCUT2D eigenvalue weighted by Crippen LogP contribution is -2.44. The normalized spacial score (nSPS) is 25.1. The maximum Gasteiger partial charge on any atom is 0.252 e. The van der Waals surface area contributed by atoms with E-state index < -0.39 is 0 Å². The minimum absolute atomic E-state index is 0.0296. The maximum absolute atomic E-state index is 12.6. The van der Waals surface area contributed by atoms with E-state index in [-0.39, 0.29) is 24.0 Å². The van der Waals surface area contributed by atoms with Gasteiger partial charge in [-0.3, -0.25) is 9.78 Å². The summed E-state index contributed by atoms with van der Waals surface area (Å²) in [6.45, 7) is 2.14. The number of pyridine rings is 1. The summed E-state index contributed by atoms with van der Waals surface area (Å²) < 4.78 is 0. The van der Waals surface area contributed by atoms with Crippen LogP contribution in [0.25, 0.3) is 10.9 Å². The quantitative estimate of drug-likeness (QED) is 0.910. The Labute approximate surface area is 124 Å². The lowest BCUT2D eigenvalue weighted by atomic mass is 9.85. The highest BCUT2D eigenvalue weighted by Gasteiger charge is 2.39. The van der Waals surface area contributed by atoms with E-state index in [0.29, 0.717) is 5.56 Å². The molecule has 0 aliphatic heterocycles. The SMILES string of the molecule is CC1(CO)CCCC1NC(=O)c1cccc2ncccc12. The van der Waals surface area contributed by atoms with Gasteiger partial charge in [0.05, 0.1) is 12.1 Å². The summed E-state index contributed by atoms with van der Waals surface area (Å²) in [6, 6.07) is 9.36. The topological polar surface area (TPSA) is 62.2 Å². The van der Waals surface area contributed by atoms with Crippen LogP contribution in [0.15, 0.2) is 36.5 Å². The second kappa shape index (κ2) is 5.45. The molecule has 110 valence electrons. The van der Waals surface area contributed by atoms with Crippen LogP contribution < -0.4 is 5.32 Å². The molecule has 2 unspecified atom stereocenters. The largest absolute Gasteiger partial charge is 0.396 e. The fourth-order valence-corrected chi connectivity index (χ4v) is 3.21. The zero-order chi connectivity index (χ0) is 14.9. The van der Waals surface area contributed by atoms with E-state index in [2.05, 4.69) is 10.3 Å². The van der Waals surface area contributed by atoms with Crippen LogP contribution in [0.4, 0.5) is 0 Å². The highest BCUT2D eigenvalue weighted by atomic mass is 16.3. The lowest BCUT2D eigenvalue weighted by molar-refractivity contribution is 0.0832. The van der Waals surface area contributed by atoms with Gasteiger partial charge in [0.15, 0.2) is 0 Å². The molecule has 1 heterocycles. The number of nitrogens with one attached hydrogen (secondary N) is 1. The molecule has 1 fully saturated rings. The Morgan fingerprint density at radius 2 is 2.29 bits per heavy atom. The Kier molecular flexibility index (Phi) is 3.64. The van der Waals surface area contributed by atoms with Crippen LogP contribution in [-0.2, 0) is 0 Å². The van der Waals surface area contributed by atoms with E-state index >= 15 is 0 Å². The van der Waals surface area contributed by atoms with Crippen LogP contribution in [-0.4, -0.2) is 28.6 Å². The summed E-state index contributed by atoms with van der Waals surface area (Å²) in [5.74, 6) is -0.0832. The van der Waals surface area contributed by atoms with Gasteiger partial charge in [-0.15, -0.1) is 0 Å². The number of carbonyl (C=O) groups excluding carboxylic acids is 1. The molecular weight excluding hydrogens is 264 g/mol. The zero-order valence-electron chi connectivity index (χ0n) is 12.2. The van der Waals surface area contributed by atoms with Crippen molar-refractivity contribution < 1.29 is 9.90 Å². The molecule has 2 atom stereocenters. The molecule has 0 bridgehead atoms. The monoisotopic (exact) mass is 284 g/mol. The molecule has 0 saturated heterocycles. The van der Waals surface area contributed by atoms with E-state index in [1.807, 2.05) is 37.3 Å². The molecule has 1 amide bonds. The molecule has 0 radical (unpaired) electrons. The Balaban J connectivity index is 1.88. The number of fused-ring (bicyclic) bond motifs is 1. The van der Waals surface area contributed by atoms with Crippen molar-refractivity contribution in [2.24, 2.45) is 5.41 Å². The zero-order valence-corrected chi connectivity index (χ0v) is 12.2. The summed E-state index contributed by atoms with van der Waals surface area (Å²) in [5.41, 5.74) is 1.26. The summed E-state index contributed by atoms with van der Waals surface area (Å²) in [6.07, 6.45) is 4.64. The Morgan fingerprint density at radius 3 is 3.10 bits per heavy atom. The first-order chi connectivity index (χ1) is 10.1. The highest BCUT2D eigenvalue weighted by molar-refractivity contribution is 6.06. The molecule has 1 aliphatic rings. The third-order valence-electron chi connectivity index (χ3n) is 4.64. The third-order valence-corrected chi connectivity index (χ3v) is 4.64. The van der Waals surface area contributed by atoms with Gasteiger partial charge in [0.2, 0.25) is 0 Å². The van der Waals surface area contributed by atoms with Crippen LogP contribution in [0.2, 0.25) is 0 Å². The summed E-state index contributed by atoms with van der Waals surface area (Å²) >= 11 is 0. The number of benzene rings is 1. The van der Waals surface area contributed by atoms with Crippen LogP contribution in [0.3, 0.4) is 0 Å². The van der Waals surface area contributed by atoms with E-state index in [0.717, 1.165) is 30.2 Å². The van der Waals surface area contributed by atoms with E-state index in [1.165, 1.54) is 0 Å². The lowest BCUT2D eigenvalue weighted by Gasteiger charge is -2.30. The molecule has 4 heteroatoms. The van der Waals surface area contributed by atoms with Gasteiger partial charge in [-0.2, -0.15) is 0 Å². The fraction of sp³-hybridized carbons (Fsp3) is 0.412. The van der Waals surface area contributed by atoms with Crippen LogP contribution >= 0.6 is 0 Å². The van der Waals surface area contributed by atoms with Gasteiger partial charge in [0.1, 0.15) is 0 Å². The number of hydrogen-bond donors (Lipinski definition) is 2. The summed E-state index contributed by atoms with van der Waals surface area (Å²) in [7, 11) is 0.